The van der Waals surface area contributed by atoms with E-state index in [-0.39, 0.29) is 6.10 Å². The van der Waals surface area contributed by atoms with E-state index in [1.807, 2.05) is 6.26 Å². The van der Waals surface area contributed by atoms with Gasteiger partial charge in [-0.3, -0.25) is 0 Å². The Labute approximate surface area is 149 Å². The van der Waals surface area contributed by atoms with Crippen molar-refractivity contribution in [3.8, 4) is 0 Å². The molecular formula is C21H28N2O2. The number of furan rings is 1. The number of fused-ring (bicyclic) bond motifs is 1. The zero-order valence-electron chi connectivity index (χ0n) is 14.9. The number of nitrogens with one attached hydrogen (secondary N) is 1. The molecule has 4 heteroatoms. The Bertz CT molecular complexity index is 686. The first-order valence-electron chi connectivity index (χ1n) is 9.56. The maximum Gasteiger partial charge on any atom is 0.108 e. The molecule has 25 heavy (non-hydrogen) atoms. The summed E-state index contributed by atoms with van der Waals surface area (Å²) in [6.07, 6.45) is 6.86. The van der Waals surface area contributed by atoms with E-state index in [1.165, 1.54) is 29.7 Å². The van der Waals surface area contributed by atoms with Crippen molar-refractivity contribution in [2.24, 2.45) is 0 Å². The molecule has 0 bridgehead atoms. The largest absolute Gasteiger partial charge is 0.469 e. The topological polar surface area (TPSA) is 48.6 Å². The SMILES string of the molecule is CC(NC1CCCc2occc21)c1ccc(N2CCC(O)CC2)cc1. The molecule has 2 atom stereocenters. The smallest absolute Gasteiger partial charge is 0.108 e. The van der Waals surface area contributed by atoms with Gasteiger partial charge in [-0.1, -0.05) is 12.1 Å². The second kappa shape index (κ2) is 7.22. The van der Waals surface area contributed by atoms with Crippen LogP contribution in [0.2, 0.25) is 0 Å². The molecule has 2 heterocycles. The van der Waals surface area contributed by atoms with Crippen LogP contribution in [0.25, 0.3) is 0 Å². The fourth-order valence-corrected chi connectivity index (χ4v) is 4.16. The Morgan fingerprint density at radius 2 is 1.88 bits per heavy atom. The van der Waals surface area contributed by atoms with Crippen molar-refractivity contribution >= 4 is 5.69 Å². The van der Waals surface area contributed by atoms with Crippen molar-refractivity contribution in [3.05, 3.63) is 53.5 Å². The second-order valence-corrected chi connectivity index (χ2v) is 7.44. The second-order valence-electron chi connectivity index (χ2n) is 7.44. The van der Waals surface area contributed by atoms with Crippen molar-refractivity contribution in [2.45, 2.75) is 57.2 Å². The monoisotopic (exact) mass is 340 g/mol. The Balaban J connectivity index is 1.40. The van der Waals surface area contributed by atoms with Crippen molar-refractivity contribution in [1.29, 1.82) is 0 Å². The Hall–Kier alpha value is -1.78. The lowest BCUT2D eigenvalue weighted by Gasteiger charge is -2.32. The Morgan fingerprint density at radius 3 is 2.64 bits per heavy atom. The van der Waals surface area contributed by atoms with Crippen LogP contribution < -0.4 is 10.2 Å². The molecule has 0 radical (unpaired) electrons. The summed E-state index contributed by atoms with van der Waals surface area (Å²) in [6.45, 7) is 4.12. The lowest BCUT2D eigenvalue weighted by atomic mass is 9.92. The van der Waals surface area contributed by atoms with E-state index in [4.69, 9.17) is 4.42 Å². The minimum atomic E-state index is -0.122. The number of hydrogen-bond donors (Lipinski definition) is 2. The first-order valence-corrected chi connectivity index (χ1v) is 9.56. The van der Waals surface area contributed by atoms with E-state index in [0.717, 1.165) is 38.1 Å². The van der Waals surface area contributed by atoms with Gasteiger partial charge in [-0.25, -0.2) is 0 Å². The van der Waals surface area contributed by atoms with Gasteiger partial charge in [-0.2, -0.15) is 0 Å². The molecule has 0 amide bonds. The minimum Gasteiger partial charge on any atom is -0.469 e. The van der Waals surface area contributed by atoms with Gasteiger partial charge in [-0.05, 0) is 56.4 Å². The van der Waals surface area contributed by atoms with Gasteiger partial charge in [0.1, 0.15) is 5.76 Å². The van der Waals surface area contributed by atoms with Gasteiger partial charge in [0.2, 0.25) is 0 Å². The maximum atomic E-state index is 9.66. The molecule has 4 nitrogen and oxygen atoms in total. The van der Waals surface area contributed by atoms with E-state index in [9.17, 15) is 5.11 Å². The summed E-state index contributed by atoms with van der Waals surface area (Å²) in [7, 11) is 0. The summed E-state index contributed by atoms with van der Waals surface area (Å²) in [6, 6.07) is 11.7. The average Bonchev–Trinajstić information content (AvgIpc) is 3.12. The molecule has 0 saturated carbocycles. The van der Waals surface area contributed by atoms with Crippen LogP contribution >= 0.6 is 0 Å². The van der Waals surface area contributed by atoms with Crippen LogP contribution in [0.4, 0.5) is 5.69 Å². The van der Waals surface area contributed by atoms with Gasteiger partial charge in [0, 0.05) is 42.8 Å². The van der Waals surface area contributed by atoms with Gasteiger partial charge in [0.15, 0.2) is 0 Å². The Kier molecular flexibility index (Phi) is 4.82. The molecule has 1 aliphatic heterocycles. The molecule has 1 aliphatic carbocycles. The number of aliphatic hydroxyl groups excluding tert-OH is 1. The van der Waals surface area contributed by atoms with Gasteiger partial charge >= 0.3 is 0 Å². The van der Waals surface area contributed by atoms with E-state index >= 15 is 0 Å². The zero-order valence-corrected chi connectivity index (χ0v) is 14.9. The number of aliphatic hydroxyl groups is 1. The molecule has 134 valence electrons. The number of piperidine rings is 1. The van der Waals surface area contributed by atoms with Crippen molar-refractivity contribution in [2.75, 3.05) is 18.0 Å². The number of benzene rings is 1. The number of aryl methyl sites for hydroxylation is 1. The molecule has 1 fully saturated rings. The molecule has 1 aromatic heterocycles. The molecule has 2 aliphatic rings. The molecule has 1 saturated heterocycles. The predicted molar refractivity (Wildman–Crippen MR) is 99.8 cm³/mol. The first-order chi connectivity index (χ1) is 12.2. The molecule has 2 aromatic rings. The van der Waals surface area contributed by atoms with Gasteiger partial charge in [0.25, 0.3) is 0 Å². The van der Waals surface area contributed by atoms with Crippen LogP contribution in [0.1, 0.15) is 61.6 Å². The highest BCUT2D eigenvalue weighted by molar-refractivity contribution is 5.48. The van der Waals surface area contributed by atoms with E-state index in [0.29, 0.717) is 12.1 Å². The van der Waals surface area contributed by atoms with E-state index < -0.39 is 0 Å². The fraction of sp³-hybridized carbons (Fsp3) is 0.524. The van der Waals surface area contributed by atoms with E-state index in [2.05, 4.69) is 47.5 Å². The van der Waals surface area contributed by atoms with Gasteiger partial charge in [-0.15, -0.1) is 0 Å². The number of anilines is 1. The third-order valence-electron chi connectivity index (χ3n) is 5.73. The molecule has 4 rings (SSSR count). The zero-order chi connectivity index (χ0) is 17.2. The van der Waals surface area contributed by atoms with Crippen LogP contribution in [0.3, 0.4) is 0 Å². The summed E-state index contributed by atoms with van der Waals surface area (Å²) in [5.74, 6) is 1.15. The third-order valence-corrected chi connectivity index (χ3v) is 5.73. The predicted octanol–water partition coefficient (Wildman–Crippen LogP) is 3.97. The maximum absolute atomic E-state index is 9.66. The Morgan fingerprint density at radius 1 is 1.12 bits per heavy atom. The molecule has 1 aromatic carbocycles. The summed E-state index contributed by atoms with van der Waals surface area (Å²) < 4.78 is 5.60. The van der Waals surface area contributed by atoms with Gasteiger partial charge in [0.05, 0.1) is 12.4 Å². The van der Waals surface area contributed by atoms with Crippen LogP contribution in [-0.2, 0) is 6.42 Å². The van der Waals surface area contributed by atoms with Crippen LogP contribution in [0, 0.1) is 0 Å². The highest BCUT2D eigenvalue weighted by Crippen LogP contribution is 2.32. The summed E-state index contributed by atoms with van der Waals surface area (Å²) in [4.78, 5) is 2.37. The number of nitrogens with zero attached hydrogens (tertiary/aromatic N) is 1. The molecular weight excluding hydrogens is 312 g/mol. The summed E-state index contributed by atoms with van der Waals surface area (Å²) in [5.41, 5.74) is 3.91. The lowest BCUT2D eigenvalue weighted by molar-refractivity contribution is 0.145. The quantitative estimate of drug-likeness (QED) is 0.884. The standard InChI is InChI=1S/C21H28N2O2/c1-15(22-20-3-2-4-21-19(20)11-14-25-21)16-5-7-17(8-6-16)23-12-9-18(24)10-13-23/h5-8,11,14-15,18,20,22,24H,2-4,9-10,12-13H2,1H3. The number of hydrogen-bond acceptors (Lipinski definition) is 4. The summed E-state index contributed by atoms with van der Waals surface area (Å²) >= 11 is 0. The van der Waals surface area contributed by atoms with Crippen LogP contribution in [0.15, 0.2) is 41.0 Å². The van der Waals surface area contributed by atoms with E-state index in [1.54, 1.807) is 0 Å². The normalized spacial score (nSPS) is 22.6. The highest BCUT2D eigenvalue weighted by atomic mass is 16.3. The summed E-state index contributed by atoms with van der Waals surface area (Å²) in [5, 5.41) is 13.4. The molecule has 2 unspecified atom stereocenters. The average molecular weight is 340 g/mol. The molecule has 2 N–H and O–H groups in total. The van der Waals surface area contributed by atoms with Crippen LogP contribution in [-0.4, -0.2) is 24.3 Å². The first kappa shape index (κ1) is 16.7. The van der Waals surface area contributed by atoms with Crippen LogP contribution in [0.5, 0.6) is 0 Å². The third kappa shape index (κ3) is 3.60. The van der Waals surface area contributed by atoms with Gasteiger partial charge < -0.3 is 19.7 Å². The highest BCUT2D eigenvalue weighted by Gasteiger charge is 2.24. The lowest BCUT2D eigenvalue weighted by Crippen LogP contribution is -2.35. The van der Waals surface area contributed by atoms with Crippen molar-refractivity contribution in [1.82, 2.24) is 5.32 Å². The fourth-order valence-electron chi connectivity index (χ4n) is 4.16. The minimum absolute atomic E-state index is 0.122. The number of rotatable bonds is 4. The van der Waals surface area contributed by atoms with Crippen molar-refractivity contribution < 1.29 is 9.52 Å². The molecule has 0 spiro atoms. The van der Waals surface area contributed by atoms with Crippen molar-refractivity contribution in [3.63, 3.8) is 0 Å².